The third-order valence-electron chi connectivity index (χ3n) is 2.98. The molecule has 16 heavy (non-hydrogen) atoms. The fraction of sp³-hybridized carbons (Fsp3) is 0.500. The Bertz CT molecular complexity index is 348. The van der Waals surface area contributed by atoms with Gasteiger partial charge in [0.25, 0.3) is 0 Å². The molecular formula is C14H18O2. The zero-order valence-corrected chi connectivity index (χ0v) is 9.74. The van der Waals surface area contributed by atoms with Crippen molar-refractivity contribution < 1.29 is 9.53 Å². The molecular weight excluding hydrogens is 200 g/mol. The standard InChI is InChI=1S/C14H18O2/c1-11(15)10-12-6-8-14(9-7-12)16-13-4-2-3-5-13/h6-9,13H,2-5,10H2,1H3. The minimum atomic E-state index is 0.199. The Hall–Kier alpha value is -1.31. The first-order chi connectivity index (χ1) is 7.74. The van der Waals surface area contributed by atoms with E-state index in [9.17, 15) is 4.79 Å². The van der Waals surface area contributed by atoms with Crippen molar-refractivity contribution in [1.82, 2.24) is 0 Å². The summed E-state index contributed by atoms with van der Waals surface area (Å²) < 4.78 is 5.85. The van der Waals surface area contributed by atoms with Gasteiger partial charge in [0.2, 0.25) is 0 Å². The van der Waals surface area contributed by atoms with Gasteiger partial charge in [-0.25, -0.2) is 0 Å². The highest BCUT2D eigenvalue weighted by Crippen LogP contribution is 2.24. The van der Waals surface area contributed by atoms with Gasteiger partial charge < -0.3 is 4.74 Å². The number of carbonyl (C=O) groups is 1. The maximum atomic E-state index is 10.9. The second kappa shape index (κ2) is 5.15. The monoisotopic (exact) mass is 218 g/mol. The predicted molar refractivity (Wildman–Crippen MR) is 63.7 cm³/mol. The molecule has 0 heterocycles. The molecule has 2 rings (SSSR count). The molecule has 1 aromatic rings. The van der Waals surface area contributed by atoms with Gasteiger partial charge in [-0.15, -0.1) is 0 Å². The van der Waals surface area contributed by atoms with Gasteiger partial charge in [-0.05, 0) is 50.3 Å². The Morgan fingerprint density at radius 3 is 2.44 bits per heavy atom. The number of Topliss-reactive ketones (excluding diaryl/α,β-unsaturated/α-hetero) is 1. The van der Waals surface area contributed by atoms with Gasteiger partial charge in [0, 0.05) is 6.42 Å². The molecule has 0 unspecified atom stereocenters. The van der Waals surface area contributed by atoms with Gasteiger partial charge in [-0.3, -0.25) is 4.79 Å². The van der Waals surface area contributed by atoms with E-state index in [-0.39, 0.29) is 5.78 Å². The molecule has 0 bridgehead atoms. The lowest BCUT2D eigenvalue weighted by Crippen LogP contribution is -2.10. The average Bonchev–Trinajstić information content (AvgIpc) is 2.73. The molecule has 1 aliphatic carbocycles. The molecule has 86 valence electrons. The molecule has 1 aromatic carbocycles. The van der Waals surface area contributed by atoms with Crippen LogP contribution < -0.4 is 4.74 Å². The zero-order chi connectivity index (χ0) is 11.4. The lowest BCUT2D eigenvalue weighted by Gasteiger charge is -2.13. The van der Waals surface area contributed by atoms with Crippen LogP contribution in [0.1, 0.15) is 38.2 Å². The lowest BCUT2D eigenvalue weighted by atomic mass is 10.1. The molecule has 0 atom stereocenters. The van der Waals surface area contributed by atoms with Crippen molar-refractivity contribution in [3.63, 3.8) is 0 Å². The van der Waals surface area contributed by atoms with E-state index in [4.69, 9.17) is 4.74 Å². The third kappa shape index (κ3) is 3.09. The topological polar surface area (TPSA) is 26.3 Å². The number of hydrogen-bond donors (Lipinski definition) is 0. The zero-order valence-electron chi connectivity index (χ0n) is 9.74. The second-order valence-electron chi connectivity index (χ2n) is 4.55. The molecule has 0 N–H and O–H groups in total. The van der Waals surface area contributed by atoms with Crippen LogP contribution >= 0.6 is 0 Å². The molecule has 1 aliphatic rings. The van der Waals surface area contributed by atoms with E-state index in [1.165, 1.54) is 25.7 Å². The summed E-state index contributed by atoms with van der Waals surface area (Å²) in [5, 5.41) is 0. The summed E-state index contributed by atoms with van der Waals surface area (Å²) in [5.41, 5.74) is 1.06. The maximum absolute atomic E-state index is 10.9. The first-order valence-electron chi connectivity index (χ1n) is 5.99. The van der Waals surface area contributed by atoms with Crippen molar-refractivity contribution >= 4 is 5.78 Å². The molecule has 0 spiro atoms. The Morgan fingerprint density at radius 2 is 1.88 bits per heavy atom. The van der Waals surface area contributed by atoms with Gasteiger partial charge >= 0.3 is 0 Å². The number of carbonyl (C=O) groups excluding carboxylic acids is 1. The highest BCUT2D eigenvalue weighted by atomic mass is 16.5. The van der Waals surface area contributed by atoms with Crippen molar-refractivity contribution in [1.29, 1.82) is 0 Å². The first kappa shape index (κ1) is 11.2. The molecule has 1 fully saturated rings. The van der Waals surface area contributed by atoms with Gasteiger partial charge in [0.1, 0.15) is 11.5 Å². The maximum Gasteiger partial charge on any atom is 0.134 e. The fourth-order valence-corrected chi connectivity index (χ4v) is 2.17. The smallest absolute Gasteiger partial charge is 0.134 e. The third-order valence-corrected chi connectivity index (χ3v) is 2.98. The van der Waals surface area contributed by atoms with Crippen LogP contribution in [0.5, 0.6) is 5.75 Å². The minimum absolute atomic E-state index is 0.199. The van der Waals surface area contributed by atoms with Crippen LogP contribution in [-0.4, -0.2) is 11.9 Å². The Morgan fingerprint density at radius 1 is 1.25 bits per heavy atom. The van der Waals surface area contributed by atoms with E-state index in [2.05, 4.69) is 0 Å². The van der Waals surface area contributed by atoms with Crippen LogP contribution in [0.3, 0.4) is 0 Å². The summed E-state index contributed by atoms with van der Waals surface area (Å²) in [5.74, 6) is 1.13. The largest absolute Gasteiger partial charge is 0.490 e. The number of hydrogen-bond acceptors (Lipinski definition) is 2. The van der Waals surface area contributed by atoms with Crippen LogP contribution in [-0.2, 0) is 11.2 Å². The SMILES string of the molecule is CC(=O)Cc1ccc(OC2CCCC2)cc1. The highest BCUT2D eigenvalue weighted by Gasteiger charge is 2.16. The van der Waals surface area contributed by atoms with E-state index in [1.807, 2.05) is 24.3 Å². The van der Waals surface area contributed by atoms with Gasteiger partial charge in [-0.1, -0.05) is 12.1 Å². The van der Waals surface area contributed by atoms with E-state index >= 15 is 0 Å². The van der Waals surface area contributed by atoms with Crippen LogP contribution in [0.4, 0.5) is 0 Å². The average molecular weight is 218 g/mol. The summed E-state index contributed by atoms with van der Waals surface area (Å²) in [4.78, 5) is 10.9. The van der Waals surface area contributed by atoms with E-state index in [0.29, 0.717) is 12.5 Å². The van der Waals surface area contributed by atoms with Crippen LogP contribution in [0.2, 0.25) is 0 Å². The number of ketones is 1. The minimum Gasteiger partial charge on any atom is -0.490 e. The van der Waals surface area contributed by atoms with Crippen molar-refractivity contribution in [3.05, 3.63) is 29.8 Å². The molecule has 0 radical (unpaired) electrons. The lowest BCUT2D eigenvalue weighted by molar-refractivity contribution is -0.116. The quantitative estimate of drug-likeness (QED) is 0.776. The first-order valence-corrected chi connectivity index (χ1v) is 5.99. The molecule has 0 aliphatic heterocycles. The highest BCUT2D eigenvalue weighted by molar-refractivity contribution is 5.78. The predicted octanol–water partition coefficient (Wildman–Crippen LogP) is 3.14. The molecule has 2 heteroatoms. The summed E-state index contributed by atoms with van der Waals surface area (Å²) in [6.07, 6.45) is 5.84. The van der Waals surface area contributed by atoms with E-state index < -0.39 is 0 Å². The Kier molecular flexibility index (Phi) is 3.60. The van der Waals surface area contributed by atoms with Gasteiger partial charge in [0.05, 0.1) is 6.10 Å². The molecule has 1 saturated carbocycles. The Balaban J connectivity index is 1.93. The van der Waals surface area contributed by atoms with Crippen LogP contribution in [0, 0.1) is 0 Å². The van der Waals surface area contributed by atoms with Crippen molar-refractivity contribution in [2.75, 3.05) is 0 Å². The van der Waals surface area contributed by atoms with Gasteiger partial charge in [-0.2, -0.15) is 0 Å². The van der Waals surface area contributed by atoms with E-state index in [0.717, 1.165) is 11.3 Å². The fourth-order valence-electron chi connectivity index (χ4n) is 2.17. The van der Waals surface area contributed by atoms with Crippen LogP contribution in [0.25, 0.3) is 0 Å². The van der Waals surface area contributed by atoms with Crippen molar-refractivity contribution in [3.8, 4) is 5.75 Å². The molecule has 0 aromatic heterocycles. The summed E-state index contributed by atoms with van der Waals surface area (Å²) in [7, 11) is 0. The second-order valence-corrected chi connectivity index (χ2v) is 4.55. The van der Waals surface area contributed by atoms with Crippen LogP contribution in [0.15, 0.2) is 24.3 Å². The molecule has 0 saturated heterocycles. The summed E-state index contributed by atoms with van der Waals surface area (Å²) in [6, 6.07) is 7.89. The number of rotatable bonds is 4. The number of ether oxygens (including phenoxy) is 1. The van der Waals surface area contributed by atoms with Crippen molar-refractivity contribution in [2.24, 2.45) is 0 Å². The molecule has 2 nitrogen and oxygen atoms in total. The van der Waals surface area contributed by atoms with Crippen molar-refractivity contribution in [2.45, 2.75) is 45.1 Å². The summed E-state index contributed by atoms with van der Waals surface area (Å²) in [6.45, 7) is 1.61. The number of benzene rings is 1. The molecule has 0 amide bonds. The Labute approximate surface area is 96.6 Å². The summed E-state index contributed by atoms with van der Waals surface area (Å²) >= 11 is 0. The van der Waals surface area contributed by atoms with E-state index in [1.54, 1.807) is 6.92 Å². The normalized spacial score (nSPS) is 16.3. The van der Waals surface area contributed by atoms with Gasteiger partial charge in [0.15, 0.2) is 0 Å².